The highest BCUT2D eigenvalue weighted by atomic mass is 127. The molecule has 2 aliphatic rings. The molecular formula is C16H23IN4O2. The van der Waals surface area contributed by atoms with Crippen molar-refractivity contribution in [3.05, 3.63) is 29.8 Å². The van der Waals surface area contributed by atoms with Crippen LogP contribution in [0, 0.1) is 5.92 Å². The second-order valence-electron chi connectivity index (χ2n) is 5.70. The van der Waals surface area contributed by atoms with E-state index in [0.717, 1.165) is 30.6 Å². The summed E-state index contributed by atoms with van der Waals surface area (Å²) in [5.74, 6) is 1.68. The van der Waals surface area contributed by atoms with E-state index in [1.54, 1.807) is 0 Å². The van der Waals surface area contributed by atoms with Crippen molar-refractivity contribution in [2.24, 2.45) is 16.6 Å². The molecular weight excluding hydrogens is 407 g/mol. The summed E-state index contributed by atoms with van der Waals surface area (Å²) in [5, 5.41) is 6.10. The zero-order chi connectivity index (χ0) is 15.4. The number of fused-ring (bicyclic) bond motifs is 1. The summed E-state index contributed by atoms with van der Waals surface area (Å²) in [7, 11) is 0. The topological polar surface area (TPSA) is 88.7 Å². The highest BCUT2D eigenvalue weighted by molar-refractivity contribution is 14.0. The van der Waals surface area contributed by atoms with E-state index in [4.69, 9.17) is 10.5 Å². The van der Waals surface area contributed by atoms with Crippen LogP contribution in [0.3, 0.4) is 0 Å². The van der Waals surface area contributed by atoms with Crippen LogP contribution in [0.4, 0.5) is 0 Å². The van der Waals surface area contributed by atoms with Gasteiger partial charge >= 0.3 is 0 Å². The normalized spacial score (nSPS) is 19.8. The van der Waals surface area contributed by atoms with E-state index in [-0.39, 0.29) is 41.8 Å². The van der Waals surface area contributed by atoms with Gasteiger partial charge in [-0.25, -0.2) is 0 Å². The Morgan fingerprint density at radius 3 is 2.87 bits per heavy atom. The van der Waals surface area contributed by atoms with E-state index >= 15 is 0 Å². The molecule has 126 valence electrons. The number of hydrogen-bond acceptors (Lipinski definition) is 3. The van der Waals surface area contributed by atoms with Gasteiger partial charge in [-0.2, -0.15) is 0 Å². The zero-order valence-electron chi connectivity index (χ0n) is 13.0. The third-order valence-corrected chi connectivity index (χ3v) is 3.92. The molecule has 1 amide bonds. The molecule has 1 atom stereocenters. The van der Waals surface area contributed by atoms with Gasteiger partial charge in [-0.1, -0.05) is 18.2 Å². The van der Waals surface area contributed by atoms with Crippen LogP contribution in [-0.4, -0.2) is 31.6 Å². The van der Waals surface area contributed by atoms with Crippen LogP contribution in [-0.2, 0) is 4.79 Å². The molecule has 3 rings (SSSR count). The Morgan fingerprint density at radius 2 is 2.09 bits per heavy atom. The Bertz CT molecular complexity index is 575. The SMILES string of the molecule is I.NC(=NCCNC(=O)C1CC1)NC1CCOc2ccccc21. The fourth-order valence-electron chi connectivity index (χ4n) is 2.56. The quantitative estimate of drug-likeness (QED) is 0.286. The van der Waals surface area contributed by atoms with Gasteiger partial charge < -0.3 is 21.1 Å². The largest absolute Gasteiger partial charge is 0.493 e. The van der Waals surface area contributed by atoms with Gasteiger partial charge in [0.25, 0.3) is 0 Å². The number of nitrogens with two attached hydrogens (primary N) is 1. The smallest absolute Gasteiger partial charge is 0.223 e. The molecule has 6 nitrogen and oxygen atoms in total. The van der Waals surface area contributed by atoms with Crippen molar-refractivity contribution in [1.29, 1.82) is 0 Å². The standard InChI is InChI=1S/C16H22N4O2.HI/c17-16(19-9-8-18-15(21)11-5-6-11)20-13-7-10-22-14-4-2-1-3-12(13)14;/h1-4,11,13H,5-10H2,(H,18,21)(H3,17,19,20);1H. The van der Waals surface area contributed by atoms with E-state index < -0.39 is 0 Å². The van der Waals surface area contributed by atoms with Crippen LogP contribution in [0.15, 0.2) is 29.3 Å². The number of aliphatic imine (C=N–C) groups is 1. The van der Waals surface area contributed by atoms with Crippen molar-refractivity contribution >= 4 is 35.8 Å². The highest BCUT2D eigenvalue weighted by Gasteiger charge is 2.29. The zero-order valence-corrected chi connectivity index (χ0v) is 15.3. The lowest BCUT2D eigenvalue weighted by atomic mass is 10.0. The third kappa shape index (κ3) is 4.98. The summed E-state index contributed by atoms with van der Waals surface area (Å²) in [6, 6.07) is 8.07. The van der Waals surface area contributed by atoms with Crippen molar-refractivity contribution < 1.29 is 9.53 Å². The Morgan fingerprint density at radius 1 is 1.30 bits per heavy atom. The first kappa shape index (κ1) is 17.8. The number of benzene rings is 1. The number of carbonyl (C=O) groups excluding carboxylic acids is 1. The summed E-state index contributed by atoms with van der Waals surface area (Å²) in [6.45, 7) is 1.68. The van der Waals surface area contributed by atoms with Crippen molar-refractivity contribution in [2.75, 3.05) is 19.7 Å². The first-order valence-electron chi connectivity index (χ1n) is 7.80. The number of guanidine groups is 1. The predicted molar refractivity (Wildman–Crippen MR) is 100 cm³/mol. The number of carbonyl (C=O) groups is 1. The number of halogens is 1. The maximum absolute atomic E-state index is 11.5. The monoisotopic (exact) mass is 430 g/mol. The number of nitrogens with one attached hydrogen (secondary N) is 2. The molecule has 1 unspecified atom stereocenters. The van der Waals surface area contributed by atoms with Gasteiger partial charge in [-0.05, 0) is 18.9 Å². The highest BCUT2D eigenvalue weighted by Crippen LogP contribution is 2.31. The molecule has 7 heteroatoms. The van der Waals surface area contributed by atoms with Crippen LogP contribution in [0.1, 0.15) is 30.9 Å². The second-order valence-corrected chi connectivity index (χ2v) is 5.70. The molecule has 0 spiro atoms. The Kier molecular flexibility index (Phi) is 6.49. The predicted octanol–water partition coefficient (Wildman–Crippen LogP) is 1.56. The molecule has 1 saturated carbocycles. The minimum atomic E-state index is 0. The first-order valence-corrected chi connectivity index (χ1v) is 7.80. The lowest BCUT2D eigenvalue weighted by Crippen LogP contribution is -2.38. The molecule has 23 heavy (non-hydrogen) atoms. The van der Waals surface area contributed by atoms with Crippen LogP contribution < -0.4 is 21.1 Å². The summed E-state index contributed by atoms with van der Waals surface area (Å²) < 4.78 is 5.62. The Hall–Kier alpha value is -1.51. The summed E-state index contributed by atoms with van der Waals surface area (Å²) in [6.07, 6.45) is 2.88. The number of ether oxygens (including phenoxy) is 1. The van der Waals surface area contributed by atoms with Gasteiger partial charge in [-0.3, -0.25) is 9.79 Å². The fourth-order valence-corrected chi connectivity index (χ4v) is 2.56. The summed E-state index contributed by atoms with van der Waals surface area (Å²) >= 11 is 0. The van der Waals surface area contributed by atoms with Gasteiger partial charge in [0.2, 0.25) is 5.91 Å². The van der Waals surface area contributed by atoms with E-state index in [0.29, 0.717) is 25.7 Å². The molecule has 1 fully saturated rings. The molecule has 0 radical (unpaired) electrons. The average molecular weight is 430 g/mol. The van der Waals surface area contributed by atoms with Crippen molar-refractivity contribution in [3.63, 3.8) is 0 Å². The molecule has 1 aliphatic heterocycles. The number of para-hydroxylation sites is 1. The van der Waals surface area contributed by atoms with Gasteiger partial charge in [0.15, 0.2) is 5.96 Å². The van der Waals surface area contributed by atoms with Gasteiger partial charge in [0.05, 0.1) is 19.2 Å². The third-order valence-electron chi connectivity index (χ3n) is 3.92. The van der Waals surface area contributed by atoms with E-state index in [2.05, 4.69) is 15.6 Å². The number of nitrogens with zero attached hydrogens (tertiary/aromatic N) is 1. The molecule has 0 saturated heterocycles. The van der Waals surface area contributed by atoms with Crippen LogP contribution in [0.25, 0.3) is 0 Å². The molecule has 1 aliphatic carbocycles. The average Bonchev–Trinajstić information content (AvgIpc) is 3.37. The van der Waals surface area contributed by atoms with Crippen LogP contribution >= 0.6 is 24.0 Å². The minimum absolute atomic E-state index is 0. The molecule has 4 N–H and O–H groups in total. The van der Waals surface area contributed by atoms with E-state index in [1.807, 2.05) is 24.3 Å². The lowest BCUT2D eigenvalue weighted by Gasteiger charge is -2.26. The minimum Gasteiger partial charge on any atom is -0.493 e. The number of hydrogen-bond donors (Lipinski definition) is 3. The van der Waals surface area contributed by atoms with Crippen molar-refractivity contribution in [2.45, 2.75) is 25.3 Å². The summed E-state index contributed by atoms with van der Waals surface area (Å²) in [5.41, 5.74) is 7.04. The molecule has 1 heterocycles. The Balaban J connectivity index is 0.00000192. The van der Waals surface area contributed by atoms with Crippen LogP contribution in [0.2, 0.25) is 0 Å². The van der Waals surface area contributed by atoms with Gasteiger partial charge in [0, 0.05) is 24.4 Å². The second kappa shape index (κ2) is 8.37. The molecule has 1 aromatic rings. The first-order chi connectivity index (χ1) is 10.7. The van der Waals surface area contributed by atoms with Gasteiger partial charge in [-0.15, -0.1) is 24.0 Å². The fraction of sp³-hybridized carbons (Fsp3) is 0.500. The maximum atomic E-state index is 11.5. The molecule has 1 aromatic carbocycles. The number of amides is 1. The summed E-state index contributed by atoms with van der Waals surface area (Å²) in [4.78, 5) is 15.8. The van der Waals surface area contributed by atoms with Crippen molar-refractivity contribution in [3.8, 4) is 5.75 Å². The maximum Gasteiger partial charge on any atom is 0.223 e. The van der Waals surface area contributed by atoms with Crippen molar-refractivity contribution in [1.82, 2.24) is 10.6 Å². The lowest BCUT2D eigenvalue weighted by molar-refractivity contribution is -0.122. The Labute approximate surface area is 153 Å². The molecule has 0 aromatic heterocycles. The van der Waals surface area contributed by atoms with Gasteiger partial charge in [0.1, 0.15) is 5.75 Å². The van der Waals surface area contributed by atoms with E-state index in [1.165, 1.54) is 0 Å². The van der Waals surface area contributed by atoms with Crippen LogP contribution in [0.5, 0.6) is 5.75 Å². The number of rotatable bonds is 5. The van der Waals surface area contributed by atoms with E-state index in [9.17, 15) is 4.79 Å². The molecule has 0 bridgehead atoms.